The van der Waals surface area contributed by atoms with Gasteiger partial charge in [0, 0.05) is 16.7 Å². The number of aromatic amines is 1. The number of nitrogens with zero attached hydrogens (tertiary/aromatic N) is 3. The zero-order valence-electron chi connectivity index (χ0n) is 26.1. The molecular formula is C43H30N4O. The Bertz CT molecular complexity index is 2410. The van der Waals surface area contributed by atoms with Crippen molar-refractivity contribution in [3.63, 3.8) is 0 Å². The molecule has 0 radical (unpaired) electrons. The van der Waals surface area contributed by atoms with Crippen LogP contribution in [0.1, 0.15) is 11.1 Å². The highest BCUT2D eigenvalue weighted by atomic mass is 16.3. The van der Waals surface area contributed by atoms with Gasteiger partial charge in [-0.2, -0.15) is 0 Å². The van der Waals surface area contributed by atoms with Crippen LogP contribution in [0.2, 0.25) is 0 Å². The van der Waals surface area contributed by atoms with Crippen LogP contribution in [-0.4, -0.2) is 25.0 Å². The second-order valence-corrected chi connectivity index (χ2v) is 12.2. The molecule has 5 aromatic carbocycles. The molecule has 228 valence electrons. The molecule has 48 heavy (non-hydrogen) atoms. The van der Waals surface area contributed by atoms with Crippen LogP contribution in [0, 0.1) is 0 Å². The zero-order chi connectivity index (χ0) is 32.0. The summed E-state index contributed by atoms with van der Waals surface area (Å²) in [6.07, 6.45) is 1.78. The second kappa shape index (κ2) is 11.5. The molecule has 3 heterocycles. The maximum Gasteiger partial charge on any atom is 0.157 e. The van der Waals surface area contributed by atoms with Crippen molar-refractivity contribution in [1.82, 2.24) is 19.9 Å². The summed E-state index contributed by atoms with van der Waals surface area (Å²) in [5.74, 6) is 0.944. The highest BCUT2D eigenvalue weighted by Crippen LogP contribution is 2.41. The molecule has 0 atom stereocenters. The van der Waals surface area contributed by atoms with Crippen molar-refractivity contribution in [3.8, 4) is 73.3 Å². The topological polar surface area (TPSA) is 74.7 Å². The number of imidazole rings is 1. The molecule has 5 nitrogen and oxygen atoms in total. The van der Waals surface area contributed by atoms with Crippen LogP contribution in [0.3, 0.4) is 0 Å². The molecule has 0 unspecified atom stereocenters. The number of nitrogens with one attached hydrogen (secondary N) is 1. The molecule has 2 N–H and O–H groups in total. The van der Waals surface area contributed by atoms with Crippen molar-refractivity contribution >= 4 is 11.0 Å². The van der Waals surface area contributed by atoms with Crippen molar-refractivity contribution in [2.75, 3.05) is 0 Å². The van der Waals surface area contributed by atoms with Crippen LogP contribution in [0.5, 0.6) is 5.75 Å². The molecule has 1 aliphatic rings. The van der Waals surface area contributed by atoms with Crippen LogP contribution >= 0.6 is 0 Å². The molecule has 9 rings (SSSR count). The van der Waals surface area contributed by atoms with Crippen LogP contribution in [0.25, 0.3) is 78.6 Å². The average molecular weight is 619 g/mol. The van der Waals surface area contributed by atoms with Gasteiger partial charge in [0.1, 0.15) is 11.4 Å². The quantitative estimate of drug-likeness (QED) is 0.201. The largest absolute Gasteiger partial charge is 0.507 e. The highest BCUT2D eigenvalue weighted by Gasteiger charge is 2.22. The number of hydrogen-bond acceptors (Lipinski definition) is 4. The van der Waals surface area contributed by atoms with Crippen molar-refractivity contribution in [2.24, 2.45) is 0 Å². The third-order valence-electron chi connectivity index (χ3n) is 9.28. The third-order valence-corrected chi connectivity index (χ3v) is 9.28. The van der Waals surface area contributed by atoms with Gasteiger partial charge in [-0.25, -0.2) is 15.0 Å². The highest BCUT2D eigenvalue weighted by molar-refractivity contribution is 5.96. The van der Waals surface area contributed by atoms with Crippen LogP contribution in [-0.2, 0) is 12.8 Å². The van der Waals surface area contributed by atoms with Gasteiger partial charge in [-0.15, -0.1) is 0 Å². The summed E-state index contributed by atoms with van der Waals surface area (Å²) in [5.41, 5.74) is 14.7. The lowest BCUT2D eigenvalue weighted by Gasteiger charge is -2.20. The molecule has 5 heteroatoms. The van der Waals surface area contributed by atoms with E-state index in [2.05, 4.69) is 108 Å². The van der Waals surface area contributed by atoms with Gasteiger partial charge >= 0.3 is 0 Å². The minimum atomic E-state index is 0.264. The molecule has 0 bridgehead atoms. The van der Waals surface area contributed by atoms with Crippen LogP contribution in [0.15, 0.2) is 146 Å². The van der Waals surface area contributed by atoms with Crippen molar-refractivity contribution in [1.29, 1.82) is 0 Å². The van der Waals surface area contributed by atoms with E-state index in [1.54, 1.807) is 6.07 Å². The van der Waals surface area contributed by atoms with Gasteiger partial charge in [0.2, 0.25) is 0 Å². The van der Waals surface area contributed by atoms with E-state index < -0.39 is 0 Å². The number of rotatable bonds is 5. The fraction of sp³-hybridized carbons (Fsp3) is 0.0465. The standard InChI is InChI=1S/C43H30N4O/c48-38-22-7-15-29-23-24-30-25-26-37(45-41(30)39(29)38)43-46-36-21-9-18-33(42(36)47-43)34-19-10-20-35(44-34)40-31(27-11-3-1-4-12-27)16-8-17-32(40)28-13-5-2-6-14-28/h1-22,25-26,48H,23-24H2,(H,46,47). The van der Waals surface area contributed by atoms with Gasteiger partial charge in [0.25, 0.3) is 0 Å². The van der Waals surface area contributed by atoms with Gasteiger partial charge in [0.05, 0.1) is 28.1 Å². The smallest absolute Gasteiger partial charge is 0.157 e. The maximum atomic E-state index is 10.7. The van der Waals surface area contributed by atoms with E-state index in [4.69, 9.17) is 15.0 Å². The third kappa shape index (κ3) is 4.76. The molecular weight excluding hydrogens is 589 g/mol. The Labute approximate surface area is 278 Å². The lowest BCUT2D eigenvalue weighted by Crippen LogP contribution is -2.06. The lowest BCUT2D eigenvalue weighted by molar-refractivity contribution is 0.476. The number of phenolic OH excluding ortho intramolecular Hbond substituents is 1. The Balaban J connectivity index is 1.17. The number of aromatic nitrogens is 4. The fourth-order valence-corrected chi connectivity index (χ4v) is 7.00. The van der Waals surface area contributed by atoms with Crippen molar-refractivity contribution in [2.45, 2.75) is 12.8 Å². The summed E-state index contributed by atoms with van der Waals surface area (Å²) in [6, 6.07) is 49.7. The second-order valence-electron chi connectivity index (χ2n) is 12.2. The summed E-state index contributed by atoms with van der Waals surface area (Å²) in [4.78, 5) is 19.0. The van der Waals surface area contributed by atoms with Gasteiger partial charge in [0.15, 0.2) is 5.82 Å². The molecule has 0 amide bonds. The Kier molecular flexibility index (Phi) is 6.68. The number of phenols is 1. The Morgan fingerprint density at radius 2 is 1.10 bits per heavy atom. The molecule has 3 aromatic heterocycles. The number of fused-ring (bicyclic) bond motifs is 4. The maximum absolute atomic E-state index is 10.7. The first-order valence-electron chi connectivity index (χ1n) is 16.2. The van der Waals surface area contributed by atoms with Crippen LogP contribution < -0.4 is 0 Å². The number of aryl methyl sites for hydroxylation is 2. The predicted octanol–water partition coefficient (Wildman–Crippen LogP) is 10.2. The summed E-state index contributed by atoms with van der Waals surface area (Å²) < 4.78 is 0. The summed E-state index contributed by atoms with van der Waals surface area (Å²) in [7, 11) is 0. The van der Waals surface area contributed by atoms with Crippen LogP contribution in [0.4, 0.5) is 0 Å². The van der Waals surface area contributed by atoms with E-state index in [9.17, 15) is 5.11 Å². The Morgan fingerprint density at radius 3 is 1.88 bits per heavy atom. The molecule has 0 saturated carbocycles. The first-order chi connectivity index (χ1) is 23.7. The van der Waals surface area contributed by atoms with Gasteiger partial charge in [-0.05, 0) is 76.6 Å². The first kappa shape index (κ1) is 27.9. The summed E-state index contributed by atoms with van der Waals surface area (Å²) >= 11 is 0. The van der Waals surface area contributed by atoms with E-state index in [1.165, 1.54) is 0 Å². The molecule has 0 fully saturated rings. The molecule has 0 aliphatic heterocycles. The van der Waals surface area contributed by atoms with E-state index >= 15 is 0 Å². The minimum Gasteiger partial charge on any atom is -0.507 e. The van der Waals surface area contributed by atoms with E-state index in [0.717, 1.165) is 96.7 Å². The van der Waals surface area contributed by atoms with E-state index in [0.29, 0.717) is 5.82 Å². The Hall–Kier alpha value is -6.33. The molecule has 8 aromatic rings. The SMILES string of the molecule is Oc1cccc2c1-c1nc(-c3nc4c(-c5cccc(-c6c(-c7ccccc7)cccc6-c6ccccc6)n5)cccc4[nH]3)ccc1CC2. The van der Waals surface area contributed by atoms with Crippen molar-refractivity contribution < 1.29 is 5.11 Å². The fourth-order valence-electron chi connectivity index (χ4n) is 7.00. The lowest BCUT2D eigenvalue weighted by atomic mass is 9.88. The number of benzene rings is 5. The summed E-state index contributed by atoms with van der Waals surface area (Å²) in [5, 5.41) is 10.7. The first-order valence-corrected chi connectivity index (χ1v) is 16.2. The van der Waals surface area contributed by atoms with E-state index in [-0.39, 0.29) is 5.75 Å². The number of pyridine rings is 2. The van der Waals surface area contributed by atoms with Gasteiger partial charge in [-0.3, -0.25) is 0 Å². The minimum absolute atomic E-state index is 0.264. The molecule has 0 saturated heterocycles. The Morgan fingerprint density at radius 1 is 0.458 bits per heavy atom. The van der Waals surface area contributed by atoms with E-state index in [1.807, 2.05) is 36.4 Å². The summed E-state index contributed by atoms with van der Waals surface area (Å²) in [6.45, 7) is 0. The zero-order valence-corrected chi connectivity index (χ0v) is 26.1. The van der Waals surface area contributed by atoms with Crippen molar-refractivity contribution in [3.05, 3.63) is 157 Å². The number of aromatic hydroxyl groups is 1. The monoisotopic (exact) mass is 618 g/mol. The number of H-pyrrole nitrogens is 1. The van der Waals surface area contributed by atoms with Gasteiger partial charge in [-0.1, -0.05) is 115 Å². The van der Waals surface area contributed by atoms with Gasteiger partial charge < -0.3 is 10.1 Å². The number of hydrogen-bond donors (Lipinski definition) is 2. The predicted molar refractivity (Wildman–Crippen MR) is 193 cm³/mol. The number of para-hydroxylation sites is 1. The molecule has 1 aliphatic carbocycles. The normalized spacial score (nSPS) is 12.1. The molecule has 0 spiro atoms. The average Bonchev–Trinajstić information content (AvgIpc) is 3.60.